The highest BCUT2D eigenvalue weighted by Crippen LogP contribution is 2.21. The second kappa shape index (κ2) is 3.97. The van der Waals surface area contributed by atoms with Crippen molar-refractivity contribution in [1.29, 1.82) is 0 Å². The Labute approximate surface area is 63.8 Å². The molecule has 2 atom stereocenters. The van der Waals surface area contributed by atoms with Gasteiger partial charge in [0.2, 0.25) is 0 Å². The molecular formula is C9H18O. The first-order valence-electron chi connectivity index (χ1n) is 4.46. The van der Waals surface area contributed by atoms with E-state index in [1.807, 2.05) is 0 Å². The summed E-state index contributed by atoms with van der Waals surface area (Å²) in [5.41, 5.74) is 0. The van der Waals surface area contributed by atoms with Gasteiger partial charge in [0, 0.05) is 6.61 Å². The molecule has 1 aliphatic rings. The van der Waals surface area contributed by atoms with E-state index in [2.05, 4.69) is 13.8 Å². The van der Waals surface area contributed by atoms with E-state index in [4.69, 9.17) is 4.74 Å². The smallest absolute Gasteiger partial charge is 0.0600 e. The van der Waals surface area contributed by atoms with Crippen LogP contribution in [0.1, 0.15) is 39.5 Å². The molecule has 1 nitrogen and oxygen atoms in total. The van der Waals surface area contributed by atoms with Crippen molar-refractivity contribution in [3.63, 3.8) is 0 Å². The molecule has 1 unspecified atom stereocenters. The Bertz CT molecular complexity index is 84.7. The van der Waals surface area contributed by atoms with Gasteiger partial charge in [0.05, 0.1) is 6.10 Å². The highest BCUT2D eigenvalue weighted by molar-refractivity contribution is 4.68. The zero-order chi connectivity index (χ0) is 7.40. The zero-order valence-electron chi connectivity index (χ0n) is 7.10. The number of hydrogen-bond donors (Lipinski definition) is 0. The lowest BCUT2D eigenvalue weighted by molar-refractivity contribution is -0.0170. The van der Waals surface area contributed by atoms with Crippen LogP contribution in [0.25, 0.3) is 0 Å². The van der Waals surface area contributed by atoms with Crippen molar-refractivity contribution in [2.75, 3.05) is 6.61 Å². The Morgan fingerprint density at radius 3 is 2.80 bits per heavy atom. The van der Waals surface area contributed by atoms with E-state index in [0.29, 0.717) is 6.10 Å². The molecular weight excluding hydrogens is 124 g/mol. The molecule has 0 radical (unpaired) electrons. The van der Waals surface area contributed by atoms with Crippen molar-refractivity contribution in [2.24, 2.45) is 5.92 Å². The first-order chi connectivity index (χ1) is 4.84. The maximum absolute atomic E-state index is 5.63. The van der Waals surface area contributed by atoms with Crippen molar-refractivity contribution in [2.45, 2.75) is 45.6 Å². The van der Waals surface area contributed by atoms with Gasteiger partial charge >= 0.3 is 0 Å². The van der Waals surface area contributed by atoms with Crippen LogP contribution >= 0.6 is 0 Å². The molecule has 0 spiro atoms. The van der Waals surface area contributed by atoms with Gasteiger partial charge in [-0.3, -0.25) is 0 Å². The van der Waals surface area contributed by atoms with Crippen molar-refractivity contribution < 1.29 is 4.74 Å². The van der Waals surface area contributed by atoms with Gasteiger partial charge in [-0.15, -0.1) is 0 Å². The van der Waals surface area contributed by atoms with Gasteiger partial charge in [0.1, 0.15) is 0 Å². The van der Waals surface area contributed by atoms with Crippen LogP contribution < -0.4 is 0 Å². The fourth-order valence-electron chi connectivity index (χ4n) is 1.48. The summed E-state index contributed by atoms with van der Waals surface area (Å²) in [6.07, 6.45) is 5.75. The fourth-order valence-corrected chi connectivity index (χ4v) is 1.48. The van der Waals surface area contributed by atoms with E-state index in [-0.39, 0.29) is 0 Å². The molecule has 10 heavy (non-hydrogen) atoms. The van der Waals surface area contributed by atoms with Crippen LogP contribution in [0, 0.1) is 5.92 Å². The Kier molecular flexibility index (Phi) is 3.20. The average Bonchev–Trinajstić information content (AvgIpc) is 2.05. The molecule has 1 heteroatoms. The first kappa shape index (κ1) is 8.06. The second-order valence-electron chi connectivity index (χ2n) is 3.29. The molecule has 0 saturated carbocycles. The molecule has 0 aromatic rings. The minimum Gasteiger partial charge on any atom is -0.378 e. The van der Waals surface area contributed by atoms with Crippen LogP contribution in [0.3, 0.4) is 0 Å². The van der Waals surface area contributed by atoms with Gasteiger partial charge in [-0.2, -0.15) is 0 Å². The average molecular weight is 142 g/mol. The predicted octanol–water partition coefficient (Wildman–Crippen LogP) is 2.60. The van der Waals surface area contributed by atoms with Crippen LogP contribution in [0.2, 0.25) is 0 Å². The molecule has 1 saturated heterocycles. The molecule has 0 aliphatic carbocycles. The van der Waals surface area contributed by atoms with Crippen molar-refractivity contribution >= 4 is 0 Å². The Morgan fingerprint density at radius 2 is 2.30 bits per heavy atom. The molecule has 1 rings (SSSR count). The van der Waals surface area contributed by atoms with E-state index < -0.39 is 0 Å². The Morgan fingerprint density at radius 1 is 1.50 bits per heavy atom. The van der Waals surface area contributed by atoms with Gasteiger partial charge < -0.3 is 4.74 Å². The van der Waals surface area contributed by atoms with E-state index in [0.717, 1.165) is 12.5 Å². The summed E-state index contributed by atoms with van der Waals surface area (Å²) in [5, 5.41) is 0. The van der Waals surface area contributed by atoms with Gasteiger partial charge in [0.25, 0.3) is 0 Å². The standard InChI is InChI=1S/C9H18O/c1-3-8(2)9-6-4-5-7-10-9/h8-9H,3-7H2,1-2H3/t8-,9?/m1/s1. The minimum absolute atomic E-state index is 0.568. The summed E-state index contributed by atoms with van der Waals surface area (Å²) in [5.74, 6) is 0.764. The third-order valence-corrected chi connectivity index (χ3v) is 2.49. The topological polar surface area (TPSA) is 9.23 Å². The number of hydrogen-bond acceptors (Lipinski definition) is 1. The maximum Gasteiger partial charge on any atom is 0.0600 e. The van der Waals surface area contributed by atoms with Crippen LogP contribution in [0.5, 0.6) is 0 Å². The Hall–Kier alpha value is -0.0400. The van der Waals surface area contributed by atoms with Gasteiger partial charge in [0.15, 0.2) is 0 Å². The summed E-state index contributed by atoms with van der Waals surface area (Å²) in [6, 6.07) is 0. The third-order valence-electron chi connectivity index (χ3n) is 2.49. The lowest BCUT2D eigenvalue weighted by Gasteiger charge is -2.27. The third kappa shape index (κ3) is 1.98. The van der Waals surface area contributed by atoms with Gasteiger partial charge in [-0.1, -0.05) is 20.3 Å². The highest BCUT2D eigenvalue weighted by Gasteiger charge is 2.18. The lowest BCUT2D eigenvalue weighted by Crippen LogP contribution is -2.25. The molecule has 1 heterocycles. The molecule has 0 N–H and O–H groups in total. The van der Waals surface area contributed by atoms with Crippen molar-refractivity contribution in [3.05, 3.63) is 0 Å². The van der Waals surface area contributed by atoms with Gasteiger partial charge in [-0.05, 0) is 25.2 Å². The second-order valence-corrected chi connectivity index (χ2v) is 3.29. The molecule has 1 fully saturated rings. The molecule has 60 valence electrons. The summed E-state index contributed by atoms with van der Waals surface area (Å²) in [7, 11) is 0. The zero-order valence-corrected chi connectivity index (χ0v) is 7.10. The van der Waals surface area contributed by atoms with Crippen molar-refractivity contribution in [1.82, 2.24) is 0 Å². The van der Waals surface area contributed by atoms with E-state index in [9.17, 15) is 0 Å². The summed E-state index contributed by atoms with van der Waals surface area (Å²) in [4.78, 5) is 0. The molecule has 0 aromatic carbocycles. The first-order valence-corrected chi connectivity index (χ1v) is 4.46. The van der Waals surface area contributed by atoms with E-state index in [1.165, 1.54) is 25.7 Å². The van der Waals surface area contributed by atoms with Gasteiger partial charge in [-0.25, -0.2) is 0 Å². The molecule has 0 bridgehead atoms. The maximum atomic E-state index is 5.63. The highest BCUT2D eigenvalue weighted by atomic mass is 16.5. The molecule has 1 aliphatic heterocycles. The van der Waals surface area contributed by atoms with Crippen LogP contribution in [-0.4, -0.2) is 12.7 Å². The predicted molar refractivity (Wildman–Crippen MR) is 43.0 cm³/mol. The molecule has 0 amide bonds. The van der Waals surface area contributed by atoms with E-state index in [1.54, 1.807) is 0 Å². The Balaban J connectivity index is 2.24. The van der Waals surface area contributed by atoms with Crippen LogP contribution in [-0.2, 0) is 4.74 Å². The SMILES string of the molecule is CC[C@@H](C)C1CCCCO1. The van der Waals surface area contributed by atoms with Crippen LogP contribution in [0.4, 0.5) is 0 Å². The number of rotatable bonds is 2. The summed E-state index contributed by atoms with van der Waals surface area (Å²) < 4.78 is 5.63. The minimum atomic E-state index is 0.568. The summed E-state index contributed by atoms with van der Waals surface area (Å²) in [6.45, 7) is 5.52. The fraction of sp³-hybridized carbons (Fsp3) is 1.00. The van der Waals surface area contributed by atoms with Crippen molar-refractivity contribution in [3.8, 4) is 0 Å². The monoisotopic (exact) mass is 142 g/mol. The van der Waals surface area contributed by atoms with Crippen LogP contribution in [0.15, 0.2) is 0 Å². The number of ether oxygens (including phenoxy) is 1. The normalized spacial score (nSPS) is 30.0. The summed E-state index contributed by atoms with van der Waals surface area (Å²) >= 11 is 0. The quantitative estimate of drug-likeness (QED) is 0.576. The lowest BCUT2D eigenvalue weighted by atomic mass is 9.95. The molecule has 0 aromatic heterocycles. The largest absolute Gasteiger partial charge is 0.378 e. The van der Waals surface area contributed by atoms with E-state index >= 15 is 0 Å².